The van der Waals surface area contributed by atoms with E-state index in [4.69, 9.17) is 0 Å². The van der Waals surface area contributed by atoms with Crippen molar-refractivity contribution in [3.63, 3.8) is 0 Å². The van der Waals surface area contributed by atoms with Crippen LogP contribution in [0.4, 0.5) is 0 Å². The Balaban J connectivity index is 2.45. The maximum Gasteiger partial charge on any atom is 0.222 e. The van der Waals surface area contributed by atoms with E-state index < -0.39 is 0 Å². The van der Waals surface area contributed by atoms with Crippen molar-refractivity contribution >= 4 is 12.2 Å². The van der Waals surface area contributed by atoms with E-state index in [0.29, 0.717) is 13.0 Å². The van der Waals surface area contributed by atoms with Crippen molar-refractivity contribution in [2.24, 2.45) is 5.92 Å². The second kappa shape index (κ2) is 4.24. The summed E-state index contributed by atoms with van der Waals surface area (Å²) in [6.07, 6.45) is 3.42. The molecule has 0 spiro atoms. The number of hydrogen-bond acceptors (Lipinski definition) is 2. The van der Waals surface area contributed by atoms with Crippen LogP contribution in [0.3, 0.4) is 0 Å². The third-order valence-corrected chi connectivity index (χ3v) is 2.31. The normalized spacial score (nSPS) is 23.8. The Bertz CT molecular complexity index is 179. The van der Waals surface area contributed by atoms with Crippen LogP contribution in [-0.2, 0) is 9.59 Å². The maximum absolute atomic E-state index is 11.2. The first-order valence-electron chi connectivity index (χ1n) is 4.51. The monoisotopic (exact) mass is 169 g/mol. The minimum atomic E-state index is 0.0780. The number of hydrogen-bond donors (Lipinski definition) is 0. The van der Waals surface area contributed by atoms with Crippen molar-refractivity contribution in [2.45, 2.75) is 26.2 Å². The summed E-state index contributed by atoms with van der Waals surface area (Å²) in [6.45, 7) is 3.32. The van der Waals surface area contributed by atoms with Crippen LogP contribution in [0.1, 0.15) is 26.2 Å². The average molecular weight is 169 g/mol. The average Bonchev–Trinajstić information content (AvgIpc) is 2.17. The van der Waals surface area contributed by atoms with Crippen LogP contribution in [0, 0.1) is 5.92 Å². The first-order valence-corrected chi connectivity index (χ1v) is 4.51. The van der Waals surface area contributed by atoms with Gasteiger partial charge in [-0.2, -0.15) is 0 Å². The van der Waals surface area contributed by atoms with E-state index in [1.54, 1.807) is 4.90 Å². The predicted octanol–water partition coefficient (Wildman–Crippen LogP) is 0.834. The lowest BCUT2D eigenvalue weighted by atomic mass is 9.99. The Kier molecular flexibility index (Phi) is 3.26. The molecule has 0 radical (unpaired) electrons. The molecule has 1 heterocycles. The van der Waals surface area contributed by atoms with Gasteiger partial charge in [0.2, 0.25) is 5.91 Å². The number of piperidine rings is 1. The summed E-state index contributed by atoms with van der Waals surface area (Å²) in [4.78, 5) is 23.5. The Morgan fingerprint density at radius 2 is 2.42 bits per heavy atom. The van der Waals surface area contributed by atoms with E-state index in [2.05, 4.69) is 0 Å². The summed E-state index contributed by atoms with van der Waals surface area (Å²) in [6, 6.07) is 0. The Morgan fingerprint density at radius 3 is 3.00 bits per heavy atom. The number of likely N-dealkylation sites (tertiary alicyclic amines) is 1. The van der Waals surface area contributed by atoms with Crippen molar-refractivity contribution in [1.29, 1.82) is 0 Å². The van der Waals surface area contributed by atoms with Crippen molar-refractivity contribution in [1.82, 2.24) is 4.90 Å². The number of aldehydes is 1. The fourth-order valence-electron chi connectivity index (χ4n) is 1.57. The highest BCUT2D eigenvalue weighted by atomic mass is 16.2. The maximum atomic E-state index is 11.2. The summed E-state index contributed by atoms with van der Waals surface area (Å²) in [5.41, 5.74) is 0. The number of carbonyl (C=O) groups is 2. The van der Waals surface area contributed by atoms with Crippen LogP contribution in [-0.4, -0.2) is 30.2 Å². The quantitative estimate of drug-likeness (QED) is 0.574. The largest absolute Gasteiger partial charge is 0.342 e. The second-order valence-electron chi connectivity index (χ2n) is 3.23. The van der Waals surface area contributed by atoms with Gasteiger partial charge in [-0.1, -0.05) is 6.92 Å². The molecule has 3 heteroatoms. The summed E-state index contributed by atoms with van der Waals surface area (Å²) in [5, 5.41) is 0. The van der Waals surface area contributed by atoms with Gasteiger partial charge >= 0.3 is 0 Å². The number of nitrogens with zero attached hydrogens (tertiary/aromatic N) is 1. The fourth-order valence-corrected chi connectivity index (χ4v) is 1.57. The molecule has 0 N–H and O–H groups in total. The number of rotatable bonds is 2. The van der Waals surface area contributed by atoms with Crippen LogP contribution in [0.2, 0.25) is 0 Å². The molecule has 1 aliphatic rings. The van der Waals surface area contributed by atoms with Crippen molar-refractivity contribution in [2.75, 3.05) is 13.1 Å². The molecule has 1 unspecified atom stereocenters. The van der Waals surface area contributed by atoms with Gasteiger partial charge in [0.05, 0.1) is 0 Å². The van der Waals surface area contributed by atoms with E-state index in [-0.39, 0.29) is 11.8 Å². The zero-order valence-corrected chi connectivity index (χ0v) is 7.45. The van der Waals surface area contributed by atoms with Crippen molar-refractivity contribution in [3.05, 3.63) is 0 Å². The molecule has 0 aliphatic carbocycles. The Labute approximate surface area is 72.7 Å². The van der Waals surface area contributed by atoms with E-state index in [0.717, 1.165) is 25.7 Å². The predicted molar refractivity (Wildman–Crippen MR) is 45.7 cm³/mol. The third kappa shape index (κ3) is 2.06. The number of carbonyl (C=O) groups excluding carboxylic acids is 2. The van der Waals surface area contributed by atoms with E-state index in [1.807, 2.05) is 6.92 Å². The van der Waals surface area contributed by atoms with Gasteiger partial charge in [0.15, 0.2) is 0 Å². The van der Waals surface area contributed by atoms with Gasteiger partial charge in [0.25, 0.3) is 0 Å². The summed E-state index contributed by atoms with van der Waals surface area (Å²) in [7, 11) is 0. The molecule has 0 aromatic rings. The zero-order valence-electron chi connectivity index (χ0n) is 7.45. The summed E-state index contributed by atoms with van der Waals surface area (Å²) in [5.74, 6) is 0.246. The molecule has 0 saturated carbocycles. The van der Waals surface area contributed by atoms with Gasteiger partial charge in [-0.05, 0) is 12.8 Å². The zero-order chi connectivity index (χ0) is 8.97. The smallest absolute Gasteiger partial charge is 0.222 e. The molecular formula is C9H15NO2. The van der Waals surface area contributed by atoms with E-state index >= 15 is 0 Å². The summed E-state index contributed by atoms with van der Waals surface area (Å²) < 4.78 is 0. The molecule has 1 fully saturated rings. The molecule has 1 aliphatic heterocycles. The molecule has 1 amide bonds. The van der Waals surface area contributed by atoms with Crippen LogP contribution in [0.5, 0.6) is 0 Å². The molecule has 0 aromatic carbocycles. The molecule has 0 aromatic heterocycles. The molecule has 0 bridgehead atoms. The van der Waals surface area contributed by atoms with Gasteiger partial charge in [0.1, 0.15) is 6.29 Å². The Hall–Kier alpha value is -0.860. The third-order valence-electron chi connectivity index (χ3n) is 2.31. The van der Waals surface area contributed by atoms with E-state index in [1.165, 1.54) is 0 Å². The van der Waals surface area contributed by atoms with Gasteiger partial charge in [-0.25, -0.2) is 0 Å². The fraction of sp³-hybridized carbons (Fsp3) is 0.778. The standard InChI is InChI=1S/C9H15NO2/c1-2-9(12)10-5-3-4-8(6-10)7-11/h7-8H,2-6H2,1H3. The molecule has 1 atom stereocenters. The Morgan fingerprint density at radius 1 is 1.67 bits per heavy atom. The molecule has 1 rings (SSSR count). The lowest BCUT2D eigenvalue weighted by molar-refractivity contribution is -0.133. The number of amides is 1. The SMILES string of the molecule is CCC(=O)N1CCCC(C=O)C1. The molecule has 12 heavy (non-hydrogen) atoms. The van der Waals surface area contributed by atoms with Crippen molar-refractivity contribution < 1.29 is 9.59 Å². The molecule has 1 saturated heterocycles. The topological polar surface area (TPSA) is 37.4 Å². The lowest BCUT2D eigenvalue weighted by Crippen LogP contribution is -2.39. The molecule has 3 nitrogen and oxygen atoms in total. The molecule has 68 valence electrons. The van der Waals surface area contributed by atoms with Gasteiger partial charge in [-0.15, -0.1) is 0 Å². The first kappa shape index (κ1) is 9.23. The van der Waals surface area contributed by atoms with Crippen LogP contribution < -0.4 is 0 Å². The van der Waals surface area contributed by atoms with Gasteiger partial charge in [-0.3, -0.25) is 4.79 Å². The van der Waals surface area contributed by atoms with E-state index in [9.17, 15) is 9.59 Å². The highest BCUT2D eigenvalue weighted by molar-refractivity contribution is 5.76. The first-order chi connectivity index (χ1) is 5.77. The minimum absolute atomic E-state index is 0.0780. The van der Waals surface area contributed by atoms with Crippen LogP contribution >= 0.6 is 0 Å². The highest BCUT2D eigenvalue weighted by Gasteiger charge is 2.21. The van der Waals surface area contributed by atoms with Crippen molar-refractivity contribution in [3.8, 4) is 0 Å². The minimum Gasteiger partial charge on any atom is -0.342 e. The van der Waals surface area contributed by atoms with Crippen LogP contribution in [0.15, 0.2) is 0 Å². The molecular weight excluding hydrogens is 154 g/mol. The highest BCUT2D eigenvalue weighted by Crippen LogP contribution is 2.14. The second-order valence-corrected chi connectivity index (χ2v) is 3.23. The lowest BCUT2D eigenvalue weighted by Gasteiger charge is -2.29. The van der Waals surface area contributed by atoms with Crippen LogP contribution in [0.25, 0.3) is 0 Å². The van der Waals surface area contributed by atoms with Gasteiger partial charge < -0.3 is 9.69 Å². The van der Waals surface area contributed by atoms with Gasteiger partial charge in [0, 0.05) is 25.4 Å². The summed E-state index contributed by atoms with van der Waals surface area (Å²) >= 11 is 0.